The largest absolute Gasteiger partial charge is 0.493 e. The summed E-state index contributed by atoms with van der Waals surface area (Å²) in [4.78, 5) is 0. The molecule has 0 radical (unpaired) electrons. The Balaban J connectivity index is 1.35. The van der Waals surface area contributed by atoms with Crippen LogP contribution in [0, 0.1) is 0 Å². The number of nitrogens with one attached hydrogen (secondary N) is 1. The van der Waals surface area contributed by atoms with Gasteiger partial charge in [0.15, 0.2) is 11.5 Å². The van der Waals surface area contributed by atoms with Crippen molar-refractivity contribution < 1.29 is 9.47 Å². The van der Waals surface area contributed by atoms with Crippen LogP contribution >= 0.6 is 27.7 Å². The van der Waals surface area contributed by atoms with Crippen LogP contribution in [0.15, 0.2) is 82.4 Å². The first-order valence-corrected chi connectivity index (χ1v) is 12.2. The van der Waals surface area contributed by atoms with Crippen molar-refractivity contribution in [1.82, 2.24) is 25.5 Å². The lowest BCUT2D eigenvalue weighted by molar-refractivity contribution is 0.280. The van der Waals surface area contributed by atoms with Crippen LogP contribution < -0.4 is 14.8 Å². The second-order valence-corrected chi connectivity index (χ2v) is 9.08. The Hall–Kier alpha value is -2.88. The number of rotatable bonds is 11. The minimum Gasteiger partial charge on any atom is -0.493 e. The van der Waals surface area contributed by atoms with Gasteiger partial charge in [-0.3, -0.25) is 0 Å². The van der Waals surface area contributed by atoms with E-state index in [4.69, 9.17) is 9.47 Å². The molecule has 7 nitrogen and oxygen atoms in total. The topological polar surface area (TPSA) is 74.1 Å². The van der Waals surface area contributed by atoms with Gasteiger partial charge in [-0.25, -0.2) is 0 Å². The van der Waals surface area contributed by atoms with E-state index in [1.54, 1.807) is 23.6 Å². The first-order chi connectivity index (χ1) is 16.2. The minimum atomic E-state index is 0.476. The van der Waals surface area contributed by atoms with Gasteiger partial charge in [0.25, 0.3) is 0 Å². The third-order valence-electron chi connectivity index (χ3n) is 4.81. The van der Waals surface area contributed by atoms with Crippen LogP contribution in [0.5, 0.6) is 11.5 Å². The predicted octanol–water partition coefficient (Wildman–Crippen LogP) is 4.89. The normalized spacial score (nSPS) is 10.8. The summed E-state index contributed by atoms with van der Waals surface area (Å²) in [6.07, 6.45) is 0. The Morgan fingerprint density at radius 1 is 1.03 bits per heavy atom. The molecule has 0 aliphatic heterocycles. The summed E-state index contributed by atoms with van der Waals surface area (Å²) in [6, 6.07) is 23.9. The zero-order chi connectivity index (χ0) is 22.9. The molecule has 170 valence electrons. The highest BCUT2D eigenvalue weighted by Crippen LogP contribution is 2.35. The summed E-state index contributed by atoms with van der Waals surface area (Å²) in [5.74, 6) is 2.27. The number of hydrogen-bond acceptors (Lipinski definition) is 7. The Bertz CT molecular complexity index is 1160. The van der Waals surface area contributed by atoms with Gasteiger partial charge in [0.1, 0.15) is 6.61 Å². The smallest absolute Gasteiger partial charge is 0.214 e. The average Bonchev–Trinajstić information content (AvgIpc) is 3.32. The number of aromatic nitrogens is 4. The molecule has 0 atom stereocenters. The number of ether oxygens (including phenoxy) is 2. The van der Waals surface area contributed by atoms with E-state index in [2.05, 4.69) is 42.8 Å². The monoisotopic (exact) mass is 525 g/mol. The number of para-hydroxylation sites is 1. The van der Waals surface area contributed by atoms with Gasteiger partial charge in [-0.2, -0.15) is 4.68 Å². The predicted molar refractivity (Wildman–Crippen MR) is 133 cm³/mol. The third kappa shape index (κ3) is 6.34. The van der Waals surface area contributed by atoms with Crippen molar-refractivity contribution in [2.45, 2.75) is 18.3 Å². The highest BCUT2D eigenvalue weighted by Gasteiger charge is 2.14. The van der Waals surface area contributed by atoms with Gasteiger partial charge in [-0.15, -0.1) is 5.10 Å². The number of thioether (sulfide) groups is 1. The molecule has 0 unspecified atom stereocenters. The van der Waals surface area contributed by atoms with Crippen LogP contribution in [0.3, 0.4) is 0 Å². The molecule has 0 spiro atoms. The zero-order valence-corrected chi connectivity index (χ0v) is 20.6. The van der Waals surface area contributed by atoms with Crippen LogP contribution in [0.1, 0.15) is 11.1 Å². The van der Waals surface area contributed by atoms with Crippen molar-refractivity contribution in [1.29, 1.82) is 0 Å². The maximum absolute atomic E-state index is 6.16. The summed E-state index contributed by atoms with van der Waals surface area (Å²) < 4.78 is 14.4. The van der Waals surface area contributed by atoms with Gasteiger partial charge in [-0.05, 0) is 40.3 Å². The first kappa shape index (κ1) is 23.3. The summed E-state index contributed by atoms with van der Waals surface area (Å²) in [5, 5.41) is 16.3. The van der Waals surface area contributed by atoms with E-state index in [9.17, 15) is 0 Å². The maximum atomic E-state index is 6.16. The molecule has 0 bridgehead atoms. The van der Waals surface area contributed by atoms with Gasteiger partial charge in [0.05, 0.1) is 12.8 Å². The number of hydrogen-bond donors (Lipinski definition) is 1. The molecule has 0 saturated carbocycles. The molecule has 9 heteroatoms. The fraction of sp³-hybridized carbons (Fsp3) is 0.208. The van der Waals surface area contributed by atoms with Gasteiger partial charge < -0.3 is 14.8 Å². The zero-order valence-electron chi connectivity index (χ0n) is 18.1. The van der Waals surface area contributed by atoms with Crippen LogP contribution in [0.25, 0.3) is 5.69 Å². The van der Waals surface area contributed by atoms with E-state index in [1.807, 2.05) is 66.7 Å². The highest BCUT2D eigenvalue weighted by molar-refractivity contribution is 9.10. The van der Waals surface area contributed by atoms with E-state index < -0.39 is 0 Å². The molecule has 0 fully saturated rings. The molecule has 0 aliphatic carbocycles. The molecule has 3 aromatic carbocycles. The molecule has 0 amide bonds. The van der Waals surface area contributed by atoms with Crippen LogP contribution in [-0.4, -0.2) is 39.6 Å². The number of methoxy groups -OCH3 is 1. The van der Waals surface area contributed by atoms with E-state index in [0.717, 1.165) is 44.5 Å². The van der Waals surface area contributed by atoms with Crippen molar-refractivity contribution in [2.24, 2.45) is 0 Å². The summed E-state index contributed by atoms with van der Waals surface area (Å²) in [7, 11) is 1.65. The number of halogens is 1. The highest BCUT2D eigenvalue weighted by atomic mass is 79.9. The summed E-state index contributed by atoms with van der Waals surface area (Å²) in [5.41, 5.74) is 3.07. The van der Waals surface area contributed by atoms with Crippen molar-refractivity contribution >= 4 is 27.7 Å². The minimum absolute atomic E-state index is 0.476. The molecule has 1 aromatic heterocycles. The van der Waals surface area contributed by atoms with E-state index >= 15 is 0 Å². The van der Waals surface area contributed by atoms with E-state index in [1.165, 1.54) is 0 Å². The molecule has 33 heavy (non-hydrogen) atoms. The number of nitrogens with zero attached hydrogens (tertiary/aromatic N) is 4. The van der Waals surface area contributed by atoms with Gasteiger partial charge in [0.2, 0.25) is 5.16 Å². The second kappa shape index (κ2) is 11.8. The number of benzene rings is 3. The number of tetrazole rings is 1. The molecule has 0 saturated heterocycles. The van der Waals surface area contributed by atoms with Crippen molar-refractivity contribution in [3.63, 3.8) is 0 Å². The molecular weight excluding hydrogens is 502 g/mol. The van der Waals surface area contributed by atoms with Gasteiger partial charge in [-0.1, -0.05) is 76.2 Å². The molecule has 4 aromatic rings. The summed E-state index contributed by atoms with van der Waals surface area (Å²) >= 11 is 5.18. The van der Waals surface area contributed by atoms with Crippen molar-refractivity contribution in [2.75, 3.05) is 19.4 Å². The average molecular weight is 526 g/mol. The lowest BCUT2D eigenvalue weighted by atomic mass is 10.1. The molecule has 4 rings (SSSR count). The van der Waals surface area contributed by atoms with Gasteiger partial charge >= 0.3 is 0 Å². The maximum Gasteiger partial charge on any atom is 0.214 e. The molecule has 0 aliphatic rings. The lowest BCUT2D eigenvalue weighted by Crippen LogP contribution is -2.18. The lowest BCUT2D eigenvalue weighted by Gasteiger charge is -2.16. The van der Waals surface area contributed by atoms with E-state index in [0.29, 0.717) is 18.9 Å². The van der Waals surface area contributed by atoms with Crippen LogP contribution in [0.4, 0.5) is 0 Å². The Morgan fingerprint density at radius 2 is 1.79 bits per heavy atom. The van der Waals surface area contributed by atoms with Crippen LogP contribution in [-0.2, 0) is 13.2 Å². The third-order valence-corrected chi connectivity index (χ3v) is 6.19. The summed E-state index contributed by atoms with van der Waals surface area (Å²) in [6.45, 7) is 1.90. The SMILES string of the molecule is COc1cc(Br)cc(CNCCSc2nnnn2-c2ccccc2)c1OCc1ccccc1. The van der Waals surface area contributed by atoms with Crippen LogP contribution in [0.2, 0.25) is 0 Å². The van der Waals surface area contributed by atoms with E-state index in [-0.39, 0.29) is 0 Å². The standard InChI is InChI=1S/C24H24BrN5O2S/c1-31-22-15-20(25)14-19(23(22)32-17-18-8-4-2-5-9-18)16-26-12-13-33-24-27-28-29-30(24)21-10-6-3-7-11-21/h2-11,14-15,26H,12-13,16-17H2,1H3. The second-order valence-electron chi connectivity index (χ2n) is 7.10. The fourth-order valence-corrected chi connectivity index (χ4v) is 4.51. The Morgan fingerprint density at radius 3 is 2.55 bits per heavy atom. The Labute approximate surface area is 205 Å². The van der Waals surface area contributed by atoms with Gasteiger partial charge in [0, 0.05) is 28.9 Å². The quantitative estimate of drug-likeness (QED) is 0.220. The van der Waals surface area contributed by atoms with Crippen molar-refractivity contribution in [3.05, 3.63) is 88.4 Å². The molecule has 1 heterocycles. The fourth-order valence-electron chi connectivity index (χ4n) is 3.24. The molecular formula is C24H24BrN5O2S. The molecule has 1 N–H and O–H groups in total. The first-order valence-electron chi connectivity index (χ1n) is 10.4. The van der Waals surface area contributed by atoms with Crippen molar-refractivity contribution in [3.8, 4) is 17.2 Å². The Kier molecular flexibility index (Phi) is 8.35.